The summed E-state index contributed by atoms with van der Waals surface area (Å²) < 4.78 is 94.4. The van der Waals surface area contributed by atoms with E-state index in [1.165, 1.54) is 12.1 Å². The predicted molar refractivity (Wildman–Crippen MR) is 142 cm³/mol. The molecule has 13 heteroatoms. The van der Waals surface area contributed by atoms with Crippen LogP contribution in [0.1, 0.15) is 24.8 Å². The van der Waals surface area contributed by atoms with Gasteiger partial charge in [-0.1, -0.05) is 12.0 Å². The lowest BCUT2D eigenvalue weighted by Gasteiger charge is -2.22. The van der Waals surface area contributed by atoms with Crippen molar-refractivity contribution in [1.29, 1.82) is 0 Å². The standard InChI is InChI=1S/C29H24F6N4O3/c1-2-19-22(31)6-5-16-9-18(40)10-20(23(16)19)25-24(32)26-21(12-37-25)27(42-14-29(33,34)35)39-28(38-26)41-13-15-4-3-7-36-11-17(30)8-15/h1,5-6,9-10,12,15,17,36,40H,3-4,7-8,11,13-14H2/t15-,17-/m1/s1. The smallest absolute Gasteiger partial charge is 0.422 e. The average Bonchev–Trinajstić information content (AvgIpc) is 2.92. The average molecular weight is 591 g/mol. The molecule has 0 unspecified atom stereocenters. The Labute approximate surface area is 235 Å². The van der Waals surface area contributed by atoms with Gasteiger partial charge in [-0.3, -0.25) is 4.98 Å². The highest BCUT2D eigenvalue weighted by atomic mass is 19.4. The van der Waals surface area contributed by atoms with Gasteiger partial charge in [0.1, 0.15) is 28.9 Å². The fourth-order valence-electron chi connectivity index (χ4n) is 4.96. The monoisotopic (exact) mass is 590 g/mol. The topological polar surface area (TPSA) is 89.4 Å². The summed E-state index contributed by atoms with van der Waals surface area (Å²) in [5, 5.41) is 13.4. The van der Waals surface area contributed by atoms with Crippen LogP contribution >= 0.6 is 0 Å². The van der Waals surface area contributed by atoms with Gasteiger partial charge in [0.25, 0.3) is 0 Å². The molecule has 0 bridgehead atoms. The molecule has 7 nitrogen and oxygen atoms in total. The third-order valence-electron chi connectivity index (χ3n) is 6.82. The summed E-state index contributed by atoms with van der Waals surface area (Å²) in [6.07, 6.45) is 2.21. The highest BCUT2D eigenvalue weighted by molar-refractivity contribution is 6.02. The number of fused-ring (bicyclic) bond motifs is 2. The Morgan fingerprint density at radius 2 is 1.95 bits per heavy atom. The summed E-state index contributed by atoms with van der Waals surface area (Å²) in [6.45, 7) is -0.988. The Morgan fingerprint density at radius 3 is 2.71 bits per heavy atom. The fraction of sp³-hybridized carbons (Fsp3) is 0.345. The van der Waals surface area contributed by atoms with E-state index in [9.17, 15) is 27.1 Å². The molecule has 0 spiro atoms. The van der Waals surface area contributed by atoms with Crippen molar-refractivity contribution in [3.05, 3.63) is 47.7 Å². The zero-order valence-electron chi connectivity index (χ0n) is 21.9. The van der Waals surface area contributed by atoms with E-state index in [0.717, 1.165) is 24.8 Å². The largest absolute Gasteiger partial charge is 0.508 e. The Morgan fingerprint density at radius 1 is 1.14 bits per heavy atom. The van der Waals surface area contributed by atoms with Crippen LogP contribution in [0.25, 0.3) is 32.9 Å². The van der Waals surface area contributed by atoms with Crippen LogP contribution in [0.5, 0.6) is 17.6 Å². The summed E-state index contributed by atoms with van der Waals surface area (Å²) in [6, 6.07) is 4.41. The molecule has 4 aromatic rings. The lowest BCUT2D eigenvalue weighted by molar-refractivity contribution is -0.153. The number of alkyl halides is 4. The molecule has 2 N–H and O–H groups in total. The molecule has 1 fully saturated rings. The number of nitrogens with zero attached hydrogens (tertiary/aromatic N) is 3. The van der Waals surface area contributed by atoms with Gasteiger partial charge in [0.15, 0.2) is 12.4 Å². The van der Waals surface area contributed by atoms with Gasteiger partial charge in [-0.15, -0.1) is 6.42 Å². The number of pyridine rings is 1. The molecule has 3 heterocycles. The third-order valence-corrected chi connectivity index (χ3v) is 6.82. The van der Waals surface area contributed by atoms with E-state index in [4.69, 9.17) is 15.9 Å². The first-order valence-electron chi connectivity index (χ1n) is 13.0. The van der Waals surface area contributed by atoms with Crippen LogP contribution < -0.4 is 14.8 Å². The van der Waals surface area contributed by atoms with Gasteiger partial charge in [-0.05, 0) is 55.3 Å². The highest BCUT2D eigenvalue weighted by Crippen LogP contribution is 2.38. The number of aromatic hydroxyl groups is 1. The van der Waals surface area contributed by atoms with E-state index in [1.54, 1.807) is 0 Å². The quantitative estimate of drug-likeness (QED) is 0.215. The number of aromatic nitrogens is 3. The molecule has 0 aliphatic carbocycles. The van der Waals surface area contributed by atoms with Gasteiger partial charge in [0.2, 0.25) is 5.88 Å². The maximum atomic E-state index is 16.2. The minimum absolute atomic E-state index is 0.0633. The zero-order valence-corrected chi connectivity index (χ0v) is 21.9. The second kappa shape index (κ2) is 11.9. The third kappa shape index (κ3) is 6.28. The van der Waals surface area contributed by atoms with Gasteiger partial charge < -0.3 is 19.9 Å². The number of rotatable bonds is 6. The van der Waals surface area contributed by atoms with Crippen LogP contribution in [-0.4, -0.2) is 58.7 Å². The normalized spacial score (nSPS) is 17.9. The van der Waals surface area contributed by atoms with Crippen LogP contribution in [0, 0.1) is 29.9 Å². The van der Waals surface area contributed by atoms with Crippen molar-refractivity contribution in [3.63, 3.8) is 0 Å². The molecular formula is C29H24F6N4O3. The maximum absolute atomic E-state index is 16.2. The van der Waals surface area contributed by atoms with Crippen LogP contribution in [0.2, 0.25) is 0 Å². The number of ether oxygens (including phenoxy) is 2. The highest BCUT2D eigenvalue weighted by Gasteiger charge is 2.30. The Hall–Kier alpha value is -4.31. The summed E-state index contributed by atoms with van der Waals surface area (Å²) in [5.74, 6) is -0.840. The molecular weight excluding hydrogens is 566 g/mol. The maximum Gasteiger partial charge on any atom is 0.422 e. The Kier molecular flexibility index (Phi) is 8.27. The van der Waals surface area contributed by atoms with E-state index in [0.29, 0.717) is 18.4 Å². The molecule has 0 radical (unpaired) electrons. The first-order chi connectivity index (χ1) is 20.0. The molecule has 2 aromatic heterocycles. The number of benzene rings is 2. The summed E-state index contributed by atoms with van der Waals surface area (Å²) >= 11 is 0. The van der Waals surface area contributed by atoms with E-state index in [2.05, 4.69) is 26.2 Å². The number of halogens is 6. The Balaban J connectivity index is 1.61. The fourth-order valence-corrected chi connectivity index (χ4v) is 4.96. The van der Waals surface area contributed by atoms with Gasteiger partial charge in [-0.2, -0.15) is 23.1 Å². The van der Waals surface area contributed by atoms with E-state index in [-0.39, 0.29) is 53.1 Å². The van der Waals surface area contributed by atoms with E-state index < -0.39 is 53.7 Å². The summed E-state index contributed by atoms with van der Waals surface area (Å²) in [4.78, 5) is 12.0. The first kappa shape index (κ1) is 29.2. The minimum atomic E-state index is -4.73. The number of terminal acetylenes is 1. The van der Waals surface area contributed by atoms with Gasteiger partial charge in [0.05, 0.1) is 17.6 Å². The zero-order chi connectivity index (χ0) is 30.0. The van der Waals surface area contributed by atoms with Crippen molar-refractivity contribution in [2.45, 2.75) is 31.6 Å². The van der Waals surface area contributed by atoms with Gasteiger partial charge >= 0.3 is 12.2 Å². The van der Waals surface area contributed by atoms with Crippen molar-refractivity contribution in [2.24, 2.45) is 5.92 Å². The molecule has 220 valence electrons. The van der Waals surface area contributed by atoms with E-state index >= 15 is 4.39 Å². The van der Waals surface area contributed by atoms with Crippen molar-refractivity contribution in [3.8, 4) is 41.2 Å². The number of phenols is 1. The summed E-state index contributed by atoms with van der Waals surface area (Å²) in [7, 11) is 0. The molecule has 42 heavy (non-hydrogen) atoms. The number of hydrogen-bond acceptors (Lipinski definition) is 7. The second-order valence-corrected chi connectivity index (χ2v) is 9.91. The first-order valence-corrected chi connectivity index (χ1v) is 13.0. The van der Waals surface area contributed by atoms with E-state index in [1.807, 2.05) is 0 Å². The van der Waals surface area contributed by atoms with Gasteiger partial charge in [-0.25, -0.2) is 13.2 Å². The molecule has 1 aliphatic rings. The molecule has 1 aliphatic heterocycles. The van der Waals surface area contributed by atoms with Crippen LogP contribution in [0.15, 0.2) is 30.5 Å². The van der Waals surface area contributed by atoms with Crippen LogP contribution in [-0.2, 0) is 0 Å². The van der Waals surface area contributed by atoms with Crippen molar-refractivity contribution in [1.82, 2.24) is 20.3 Å². The van der Waals surface area contributed by atoms with Gasteiger partial charge in [0, 0.05) is 23.7 Å². The molecule has 1 saturated heterocycles. The minimum Gasteiger partial charge on any atom is -0.508 e. The lowest BCUT2D eigenvalue weighted by Crippen LogP contribution is -2.31. The molecule has 2 atom stereocenters. The number of phenolic OH excluding ortho intramolecular Hbond substituents is 1. The molecule has 2 aromatic carbocycles. The van der Waals surface area contributed by atoms with Crippen molar-refractivity contribution >= 4 is 21.7 Å². The summed E-state index contributed by atoms with van der Waals surface area (Å²) in [5.41, 5.74) is -1.19. The number of hydrogen-bond donors (Lipinski definition) is 2. The van der Waals surface area contributed by atoms with Crippen LogP contribution in [0.4, 0.5) is 26.3 Å². The van der Waals surface area contributed by atoms with Crippen LogP contribution in [0.3, 0.4) is 0 Å². The number of nitrogens with one attached hydrogen (secondary N) is 1. The molecule has 0 saturated carbocycles. The molecule has 5 rings (SSSR count). The second-order valence-electron chi connectivity index (χ2n) is 9.91. The van der Waals surface area contributed by atoms with Crippen molar-refractivity contribution < 1.29 is 40.9 Å². The van der Waals surface area contributed by atoms with Crippen molar-refractivity contribution in [2.75, 3.05) is 26.3 Å². The SMILES string of the molecule is C#Cc1c(F)ccc2cc(O)cc(-c3ncc4c(OCC(F)(F)F)nc(OC[C@@H]5CCCNC[C@H](F)C5)nc4c3F)c12. The molecule has 0 amide bonds. The lowest BCUT2D eigenvalue weighted by atomic mass is 9.96. The Bertz CT molecular complexity index is 1670. The predicted octanol–water partition coefficient (Wildman–Crippen LogP) is 5.86.